The molecule has 0 unspecified atom stereocenters. The molecule has 0 aliphatic heterocycles. The van der Waals surface area contributed by atoms with Gasteiger partial charge in [0.2, 0.25) is 0 Å². The first kappa shape index (κ1) is 23.1. The number of fused-ring (bicyclic) bond motifs is 4. The first-order chi connectivity index (χ1) is 14.6. The Labute approximate surface area is 201 Å². The van der Waals surface area contributed by atoms with Gasteiger partial charge < -0.3 is 0 Å². The molecule has 5 aliphatic carbocycles. The predicted octanol–water partition coefficient (Wildman–Crippen LogP) is 7.72. The van der Waals surface area contributed by atoms with Crippen molar-refractivity contribution in [2.75, 3.05) is 0 Å². The van der Waals surface area contributed by atoms with Crippen molar-refractivity contribution in [1.29, 1.82) is 0 Å². The number of halogens is 2. The Morgan fingerprint density at radius 2 is 1.10 bits per heavy atom. The molecule has 0 aromatic heterocycles. The average Bonchev–Trinajstić information content (AvgIpc) is 3.26. The Morgan fingerprint density at radius 1 is 0.633 bits per heavy atom. The van der Waals surface area contributed by atoms with Crippen LogP contribution in [0, 0.1) is 59.7 Å². The molecule has 0 amide bonds. The van der Waals surface area contributed by atoms with Gasteiger partial charge in [-0.1, -0.05) is 78.8 Å². The fraction of sp³-hybridized carbons (Fsp3) is 0.185. The van der Waals surface area contributed by atoms with Crippen LogP contribution >= 0.6 is 17.0 Å². The van der Waals surface area contributed by atoms with Gasteiger partial charge in [-0.15, -0.1) is 0 Å². The maximum atomic E-state index is 4.93. The van der Waals surface area contributed by atoms with E-state index in [1.165, 1.54) is 64.4 Å². The summed E-state index contributed by atoms with van der Waals surface area (Å²) in [6, 6.07) is 0. The van der Waals surface area contributed by atoms with Crippen LogP contribution in [-0.4, -0.2) is 0 Å². The van der Waals surface area contributed by atoms with Crippen LogP contribution in [0.1, 0.15) is 33.6 Å². The van der Waals surface area contributed by atoms with E-state index in [0.717, 1.165) is 12.8 Å². The van der Waals surface area contributed by atoms with E-state index in [-0.39, 0.29) is 0 Å². The molecule has 0 heterocycles. The molecule has 0 aromatic rings. The Hall–Kier alpha value is -0.0969. The number of hydrogen-bond acceptors (Lipinski definition) is 0. The summed E-state index contributed by atoms with van der Waals surface area (Å²) in [5.41, 5.74) is 2.78. The molecule has 148 valence electrons. The summed E-state index contributed by atoms with van der Waals surface area (Å²) in [5.74, 6) is 13.0. The van der Waals surface area contributed by atoms with Crippen molar-refractivity contribution in [3.63, 3.8) is 0 Å². The van der Waals surface area contributed by atoms with Crippen LogP contribution in [0.2, 0.25) is 0 Å². The molecule has 2 fully saturated rings. The third-order valence-corrected chi connectivity index (χ3v) is 6.23. The third kappa shape index (κ3) is 4.38. The first-order valence-electron chi connectivity index (χ1n) is 10.2. The molecular weight excluding hydrogens is 486 g/mol. The van der Waals surface area contributed by atoms with Crippen molar-refractivity contribution in [3.05, 3.63) is 132 Å². The minimum absolute atomic E-state index is 0.826. The van der Waals surface area contributed by atoms with E-state index in [1.54, 1.807) is 0 Å². The van der Waals surface area contributed by atoms with Crippen molar-refractivity contribution in [1.82, 2.24) is 0 Å². The van der Waals surface area contributed by atoms with Crippen LogP contribution in [-0.2, 0) is 20.8 Å². The van der Waals surface area contributed by atoms with Crippen molar-refractivity contribution < 1.29 is 20.8 Å². The summed E-state index contributed by atoms with van der Waals surface area (Å²) in [4.78, 5) is 0. The summed E-state index contributed by atoms with van der Waals surface area (Å²) in [6.45, 7) is 6.75. The number of hydrogen-bond donors (Lipinski definition) is 0. The fourth-order valence-corrected chi connectivity index (χ4v) is 4.87. The molecule has 0 aromatic carbocycles. The Kier molecular flexibility index (Phi) is 7.87. The third-order valence-electron chi connectivity index (χ3n) is 6.23. The molecule has 0 N–H and O–H groups in total. The van der Waals surface area contributed by atoms with Crippen LogP contribution in [0.5, 0.6) is 0 Å². The van der Waals surface area contributed by atoms with E-state index in [0.29, 0.717) is 0 Å². The van der Waals surface area contributed by atoms with E-state index >= 15 is 0 Å². The van der Waals surface area contributed by atoms with E-state index in [2.05, 4.69) is 88.0 Å². The summed E-state index contributed by atoms with van der Waals surface area (Å²) >= 11 is -0.826. The topological polar surface area (TPSA) is 0 Å². The summed E-state index contributed by atoms with van der Waals surface area (Å²) < 4.78 is 0. The molecule has 0 nitrogen and oxygen atoms in total. The quantitative estimate of drug-likeness (QED) is 0.365. The van der Waals surface area contributed by atoms with Crippen molar-refractivity contribution in [2.45, 2.75) is 33.6 Å². The van der Waals surface area contributed by atoms with Gasteiger partial charge in [-0.2, -0.15) is 0 Å². The average molecular weight is 511 g/mol. The van der Waals surface area contributed by atoms with Gasteiger partial charge in [0, 0.05) is 35.5 Å². The standard InChI is InChI=1S/C27H24.2ClH.Zr/c1-17-12-13-18(2)27-20(19(3)16-26(17)27)14-15-25-23-10-6-4-8-21(23)22-9-5-7-11-24(22)25;;;/h4-13,16H,14-15H2,1-3H3;2*1H;/q;;;+4/p-2. The second-order valence-electron chi connectivity index (χ2n) is 7.94. The Bertz CT molecular complexity index is 768. The van der Waals surface area contributed by atoms with E-state index < -0.39 is 20.8 Å². The van der Waals surface area contributed by atoms with Gasteiger partial charge in [-0.05, 0) is 50.9 Å². The fourth-order valence-electron chi connectivity index (χ4n) is 4.87. The van der Waals surface area contributed by atoms with Gasteiger partial charge in [0.25, 0.3) is 0 Å². The number of allylic oxidation sites excluding steroid dienone is 12. The minimum atomic E-state index is -0.826. The Morgan fingerprint density at radius 3 is 1.67 bits per heavy atom. The summed E-state index contributed by atoms with van der Waals surface area (Å²) in [6.07, 6.45) is 26.8. The number of rotatable bonds is 3. The maximum absolute atomic E-state index is 4.93. The second kappa shape index (κ2) is 10.2. The van der Waals surface area contributed by atoms with Gasteiger partial charge in [0.1, 0.15) is 0 Å². The van der Waals surface area contributed by atoms with E-state index in [4.69, 9.17) is 17.0 Å². The normalized spacial score (nSPS) is 26.2. The zero-order valence-electron chi connectivity index (χ0n) is 17.5. The monoisotopic (exact) mass is 508 g/mol. The summed E-state index contributed by atoms with van der Waals surface area (Å²) in [5, 5.41) is 0. The zero-order valence-corrected chi connectivity index (χ0v) is 21.5. The van der Waals surface area contributed by atoms with Gasteiger partial charge in [-0.25, -0.2) is 0 Å². The molecule has 5 rings (SSSR count). The van der Waals surface area contributed by atoms with E-state index in [9.17, 15) is 0 Å². The SMILES string of the molecule is C[C]1[CH][C]2[C]([C]1CC[C]1[C]3C=CC=C[C]3[C]3C=CC=C[C]31)C(C)=CC=C2C.[Cl][Zr+2][Cl]. The van der Waals surface area contributed by atoms with Gasteiger partial charge in [-0.3, -0.25) is 0 Å². The van der Waals surface area contributed by atoms with Crippen LogP contribution < -0.4 is 0 Å². The van der Waals surface area contributed by atoms with Crippen LogP contribution in [0.3, 0.4) is 0 Å². The molecule has 0 spiro atoms. The first-order valence-corrected chi connectivity index (χ1v) is 16.6. The van der Waals surface area contributed by atoms with E-state index in [1.807, 2.05) is 0 Å². The van der Waals surface area contributed by atoms with Crippen LogP contribution in [0.15, 0.2) is 71.9 Å². The van der Waals surface area contributed by atoms with Crippen molar-refractivity contribution in [3.8, 4) is 0 Å². The molecule has 3 heteroatoms. The van der Waals surface area contributed by atoms with Gasteiger partial charge in [0.05, 0.1) is 0 Å². The molecule has 10 radical (unpaired) electrons. The molecule has 30 heavy (non-hydrogen) atoms. The van der Waals surface area contributed by atoms with Crippen molar-refractivity contribution in [2.24, 2.45) is 0 Å². The van der Waals surface area contributed by atoms with Crippen LogP contribution in [0.4, 0.5) is 0 Å². The van der Waals surface area contributed by atoms with Crippen LogP contribution in [0.25, 0.3) is 0 Å². The second-order valence-corrected chi connectivity index (χ2v) is 11.7. The molecule has 0 atom stereocenters. The van der Waals surface area contributed by atoms with Gasteiger partial charge in [0.15, 0.2) is 0 Å². The molecular formula is C27H24Cl2Zr+2. The zero-order chi connectivity index (χ0) is 21.3. The van der Waals surface area contributed by atoms with Crippen molar-refractivity contribution >= 4 is 17.0 Å². The van der Waals surface area contributed by atoms with Gasteiger partial charge >= 0.3 is 37.9 Å². The summed E-state index contributed by atoms with van der Waals surface area (Å²) in [7, 11) is 9.87. The molecule has 5 aliphatic rings. The molecule has 0 bridgehead atoms. The molecule has 0 saturated heterocycles. The predicted molar refractivity (Wildman–Crippen MR) is 124 cm³/mol. The Balaban J connectivity index is 0.000000687. The molecule has 2 saturated carbocycles.